The largest absolute Gasteiger partial charge is 0.314 e. The Morgan fingerprint density at radius 2 is 2.00 bits per heavy atom. The lowest BCUT2D eigenvalue weighted by Crippen LogP contribution is -2.37. The van der Waals surface area contributed by atoms with E-state index in [1.54, 1.807) is 4.68 Å². The van der Waals surface area contributed by atoms with E-state index in [2.05, 4.69) is 31.2 Å². The number of hydrogen-bond donors (Lipinski definition) is 1. The quantitative estimate of drug-likeness (QED) is 0.897. The Hall–Kier alpha value is -0.540. The molecule has 0 amide bonds. The highest BCUT2D eigenvalue weighted by Gasteiger charge is 2.35. The van der Waals surface area contributed by atoms with Crippen molar-refractivity contribution >= 4 is 11.6 Å². The summed E-state index contributed by atoms with van der Waals surface area (Å²) in [7, 11) is 1.92. The second kappa shape index (κ2) is 5.84. The fraction of sp³-hybridized carbons (Fsp3) is 0.800. The van der Waals surface area contributed by atoms with Crippen molar-refractivity contribution in [1.82, 2.24) is 15.1 Å². The van der Waals surface area contributed by atoms with Crippen LogP contribution in [0.15, 0.2) is 0 Å². The van der Waals surface area contributed by atoms with E-state index >= 15 is 0 Å². The zero-order valence-electron chi connectivity index (χ0n) is 12.6. The molecule has 1 saturated carbocycles. The first kappa shape index (κ1) is 14.9. The molecule has 0 aromatic carbocycles. The standard InChI is InChI=1S/C15H26ClN3/c1-11(2)17-10-15(7-5-6-8-15)9-13-12(3)18-19(4)14(13)16/h11,17H,5-10H2,1-4H3. The SMILES string of the molecule is Cc1nn(C)c(Cl)c1CC1(CNC(C)C)CCCC1. The fourth-order valence-electron chi connectivity index (χ4n) is 3.21. The Bertz CT molecular complexity index is 431. The van der Waals surface area contributed by atoms with Crippen molar-refractivity contribution < 1.29 is 0 Å². The maximum atomic E-state index is 6.40. The number of halogens is 1. The molecule has 1 aromatic heterocycles. The van der Waals surface area contributed by atoms with Gasteiger partial charge in [-0.05, 0) is 31.6 Å². The lowest BCUT2D eigenvalue weighted by atomic mass is 9.80. The Morgan fingerprint density at radius 1 is 1.37 bits per heavy atom. The van der Waals surface area contributed by atoms with Crippen molar-refractivity contribution in [3.63, 3.8) is 0 Å². The van der Waals surface area contributed by atoms with Gasteiger partial charge < -0.3 is 5.32 Å². The second-order valence-electron chi connectivity index (χ2n) is 6.40. The molecule has 0 radical (unpaired) electrons. The Labute approximate surface area is 121 Å². The van der Waals surface area contributed by atoms with E-state index in [0.29, 0.717) is 11.5 Å². The van der Waals surface area contributed by atoms with Crippen LogP contribution in [0.25, 0.3) is 0 Å². The van der Waals surface area contributed by atoms with Crippen LogP contribution in [0.4, 0.5) is 0 Å². The van der Waals surface area contributed by atoms with Crippen LogP contribution in [0, 0.1) is 12.3 Å². The van der Waals surface area contributed by atoms with Crippen LogP contribution in [0.2, 0.25) is 5.15 Å². The van der Waals surface area contributed by atoms with E-state index in [1.165, 1.54) is 31.2 Å². The molecule has 1 fully saturated rings. The number of rotatable bonds is 5. The van der Waals surface area contributed by atoms with Crippen molar-refractivity contribution in [1.29, 1.82) is 0 Å². The fourth-order valence-corrected chi connectivity index (χ4v) is 3.45. The molecule has 1 aliphatic carbocycles. The van der Waals surface area contributed by atoms with Gasteiger partial charge in [0, 0.05) is 25.2 Å². The van der Waals surface area contributed by atoms with E-state index in [9.17, 15) is 0 Å². The smallest absolute Gasteiger partial charge is 0.130 e. The molecule has 3 nitrogen and oxygen atoms in total. The topological polar surface area (TPSA) is 29.9 Å². The van der Waals surface area contributed by atoms with Gasteiger partial charge in [0.15, 0.2) is 0 Å². The monoisotopic (exact) mass is 283 g/mol. The Morgan fingerprint density at radius 3 is 2.47 bits per heavy atom. The summed E-state index contributed by atoms with van der Waals surface area (Å²) < 4.78 is 1.80. The first-order chi connectivity index (χ1) is 8.93. The van der Waals surface area contributed by atoms with Crippen LogP contribution in [-0.2, 0) is 13.5 Å². The van der Waals surface area contributed by atoms with Gasteiger partial charge >= 0.3 is 0 Å². The summed E-state index contributed by atoms with van der Waals surface area (Å²) in [5.41, 5.74) is 2.71. The second-order valence-corrected chi connectivity index (χ2v) is 6.76. The third kappa shape index (κ3) is 3.32. The lowest BCUT2D eigenvalue weighted by Gasteiger charge is -2.30. The number of nitrogens with zero attached hydrogens (tertiary/aromatic N) is 2. The molecular formula is C15H26ClN3. The first-order valence-corrected chi connectivity index (χ1v) is 7.73. The summed E-state index contributed by atoms with van der Waals surface area (Å²) in [4.78, 5) is 0. The predicted molar refractivity (Wildman–Crippen MR) is 80.7 cm³/mol. The van der Waals surface area contributed by atoms with Crippen molar-refractivity contribution in [3.05, 3.63) is 16.4 Å². The summed E-state index contributed by atoms with van der Waals surface area (Å²) >= 11 is 6.40. The molecule has 0 bridgehead atoms. The summed E-state index contributed by atoms with van der Waals surface area (Å²) in [6, 6.07) is 0.544. The molecule has 0 unspecified atom stereocenters. The maximum Gasteiger partial charge on any atom is 0.130 e. The number of hydrogen-bond acceptors (Lipinski definition) is 2. The van der Waals surface area contributed by atoms with E-state index < -0.39 is 0 Å². The van der Waals surface area contributed by atoms with Crippen LogP contribution >= 0.6 is 11.6 Å². The minimum Gasteiger partial charge on any atom is -0.314 e. The molecule has 108 valence electrons. The summed E-state index contributed by atoms with van der Waals surface area (Å²) in [6.07, 6.45) is 6.35. The van der Waals surface area contributed by atoms with Gasteiger partial charge in [0.1, 0.15) is 5.15 Å². The third-order valence-electron chi connectivity index (χ3n) is 4.37. The molecule has 19 heavy (non-hydrogen) atoms. The van der Waals surface area contributed by atoms with Gasteiger partial charge in [0.2, 0.25) is 0 Å². The molecule has 1 aromatic rings. The lowest BCUT2D eigenvalue weighted by molar-refractivity contribution is 0.268. The van der Waals surface area contributed by atoms with Gasteiger partial charge in [0.05, 0.1) is 5.69 Å². The molecular weight excluding hydrogens is 258 g/mol. The van der Waals surface area contributed by atoms with Crippen molar-refractivity contribution in [3.8, 4) is 0 Å². The van der Waals surface area contributed by atoms with Gasteiger partial charge in [-0.15, -0.1) is 0 Å². The Balaban J connectivity index is 2.16. The minimum absolute atomic E-state index is 0.377. The average molecular weight is 284 g/mol. The molecule has 1 heterocycles. The van der Waals surface area contributed by atoms with Gasteiger partial charge in [-0.3, -0.25) is 4.68 Å². The minimum atomic E-state index is 0.377. The van der Waals surface area contributed by atoms with Gasteiger partial charge in [-0.2, -0.15) is 5.10 Å². The number of aromatic nitrogens is 2. The highest BCUT2D eigenvalue weighted by molar-refractivity contribution is 6.30. The van der Waals surface area contributed by atoms with Gasteiger partial charge in [0.25, 0.3) is 0 Å². The van der Waals surface area contributed by atoms with Crippen LogP contribution < -0.4 is 5.32 Å². The molecule has 0 saturated heterocycles. The van der Waals surface area contributed by atoms with E-state index in [-0.39, 0.29) is 0 Å². The number of nitrogens with one attached hydrogen (secondary N) is 1. The summed E-state index contributed by atoms with van der Waals surface area (Å²) in [6.45, 7) is 7.59. The number of aryl methyl sites for hydroxylation is 2. The highest BCUT2D eigenvalue weighted by Crippen LogP contribution is 2.42. The molecule has 0 atom stereocenters. The molecule has 1 aliphatic rings. The third-order valence-corrected chi connectivity index (χ3v) is 4.84. The zero-order valence-corrected chi connectivity index (χ0v) is 13.3. The van der Waals surface area contributed by atoms with Crippen LogP contribution in [-0.4, -0.2) is 22.4 Å². The van der Waals surface area contributed by atoms with Gasteiger partial charge in [-0.1, -0.05) is 38.3 Å². The molecule has 1 N–H and O–H groups in total. The van der Waals surface area contributed by atoms with Crippen LogP contribution in [0.5, 0.6) is 0 Å². The average Bonchev–Trinajstić information content (AvgIpc) is 2.89. The molecule has 2 rings (SSSR count). The van der Waals surface area contributed by atoms with E-state index in [0.717, 1.165) is 23.8 Å². The maximum absolute atomic E-state index is 6.40. The summed E-state index contributed by atoms with van der Waals surface area (Å²) in [5, 5.41) is 8.88. The molecule has 0 aliphatic heterocycles. The van der Waals surface area contributed by atoms with Crippen molar-refractivity contribution in [2.24, 2.45) is 12.5 Å². The zero-order chi connectivity index (χ0) is 14.0. The van der Waals surface area contributed by atoms with Crippen molar-refractivity contribution in [2.75, 3.05) is 6.54 Å². The first-order valence-electron chi connectivity index (χ1n) is 7.35. The molecule has 0 spiro atoms. The Kier molecular flexibility index (Phi) is 4.57. The normalized spacial score (nSPS) is 18.4. The summed E-state index contributed by atoms with van der Waals surface area (Å²) in [5.74, 6) is 0. The molecule has 4 heteroatoms. The van der Waals surface area contributed by atoms with E-state index in [4.69, 9.17) is 11.6 Å². The van der Waals surface area contributed by atoms with Crippen LogP contribution in [0.1, 0.15) is 50.8 Å². The predicted octanol–water partition coefficient (Wildman–Crippen LogP) is 3.48. The van der Waals surface area contributed by atoms with Gasteiger partial charge in [-0.25, -0.2) is 0 Å². The van der Waals surface area contributed by atoms with E-state index in [1.807, 2.05) is 7.05 Å². The van der Waals surface area contributed by atoms with Crippen molar-refractivity contribution in [2.45, 2.75) is 58.9 Å². The van der Waals surface area contributed by atoms with Crippen LogP contribution in [0.3, 0.4) is 0 Å². The highest BCUT2D eigenvalue weighted by atomic mass is 35.5.